The van der Waals surface area contributed by atoms with E-state index in [2.05, 4.69) is 4.99 Å². The number of allylic oxidation sites excluding steroid dienone is 1. The number of carbonyl (C=O) groups excluding carboxylic acids is 1. The molecule has 90 valence electrons. The first-order chi connectivity index (χ1) is 7.51. The quantitative estimate of drug-likeness (QED) is 0.503. The molecule has 0 saturated carbocycles. The predicted molar refractivity (Wildman–Crippen MR) is 62.4 cm³/mol. The molecule has 1 amide bonds. The molecule has 0 aliphatic heterocycles. The van der Waals surface area contributed by atoms with Crippen molar-refractivity contribution in [2.45, 2.75) is 39.2 Å². The van der Waals surface area contributed by atoms with E-state index in [9.17, 15) is 9.59 Å². The van der Waals surface area contributed by atoms with Crippen molar-refractivity contribution in [2.24, 2.45) is 10.7 Å². The minimum atomic E-state index is -1.01. The summed E-state index contributed by atoms with van der Waals surface area (Å²) in [4.78, 5) is 25.4. The molecule has 0 aliphatic carbocycles. The van der Waals surface area contributed by atoms with Crippen LogP contribution in [0, 0.1) is 0 Å². The van der Waals surface area contributed by atoms with Crippen molar-refractivity contribution < 1.29 is 14.7 Å². The average molecular weight is 226 g/mol. The number of carboxylic acid groups (broad SMARTS) is 1. The summed E-state index contributed by atoms with van der Waals surface area (Å²) in [6, 6.07) is -0.575. The molecule has 0 heterocycles. The molecule has 0 rings (SSSR count). The van der Waals surface area contributed by atoms with E-state index < -0.39 is 17.9 Å². The molecule has 0 aliphatic rings. The highest BCUT2D eigenvalue weighted by atomic mass is 16.4. The number of nitrogens with two attached hydrogens (primary N) is 1. The summed E-state index contributed by atoms with van der Waals surface area (Å²) in [6.07, 6.45) is 4.47. The van der Waals surface area contributed by atoms with Crippen LogP contribution in [-0.2, 0) is 9.59 Å². The van der Waals surface area contributed by atoms with Crippen molar-refractivity contribution in [1.82, 2.24) is 0 Å². The minimum Gasteiger partial charge on any atom is -0.478 e. The van der Waals surface area contributed by atoms with Crippen molar-refractivity contribution >= 4 is 18.1 Å². The lowest BCUT2D eigenvalue weighted by Gasteiger charge is -2.04. The van der Waals surface area contributed by atoms with Gasteiger partial charge >= 0.3 is 5.97 Å². The van der Waals surface area contributed by atoms with Gasteiger partial charge < -0.3 is 10.8 Å². The first-order valence-corrected chi connectivity index (χ1v) is 5.27. The standard InChI is InChI=1S/C11H18N2O3/c1-3-5-8(6-10(14)15)7-13-9(4-2)11(12)16/h6-7,9H,3-5H2,1-2H3,(H2,12,16)(H,14,15)/b8-6-,13-7+/t9-/m0/s1. The Balaban J connectivity index is 4.66. The topological polar surface area (TPSA) is 92.8 Å². The van der Waals surface area contributed by atoms with Crippen LogP contribution in [-0.4, -0.2) is 29.2 Å². The van der Waals surface area contributed by atoms with E-state index in [1.807, 2.05) is 6.92 Å². The lowest BCUT2D eigenvalue weighted by atomic mass is 10.1. The molecule has 0 aromatic heterocycles. The molecular weight excluding hydrogens is 208 g/mol. The van der Waals surface area contributed by atoms with Gasteiger partial charge in [-0.2, -0.15) is 0 Å². The van der Waals surface area contributed by atoms with Crippen LogP contribution in [0.1, 0.15) is 33.1 Å². The van der Waals surface area contributed by atoms with E-state index in [1.165, 1.54) is 6.21 Å². The third-order valence-electron chi connectivity index (χ3n) is 1.98. The number of nitrogens with zero attached hydrogens (tertiary/aromatic N) is 1. The normalized spacial score (nSPS) is 14.0. The van der Waals surface area contributed by atoms with E-state index in [4.69, 9.17) is 10.8 Å². The lowest BCUT2D eigenvalue weighted by Crippen LogP contribution is -2.26. The van der Waals surface area contributed by atoms with Gasteiger partial charge in [-0.1, -0.05) is 20.3 Å². The maximum atomic E-state index is 10.9. The van der Waals surface area contributed by atoms with Gasteiger partial charge in [0.1, 0.15) is 6.04 Å². The van der Waals surface area contributed by atoms with Gasteiger partial charge in [0, 0.05) is 12.3 Å². The van der Waals surface area contributed by atoms with Gasteiger partial charge in [-0.3, -0.25) is 9.79 Å². The van der Waals surface area contributed by atoms with Crippen LogP contribution in [0.25, 0.3) is 0 Å². The zero-order chi connectivity index (χ0) is 12.6. The van der Waals surface area contributed by atoms with Crippen molar-refractivity contribution in [1.29, 1.82) is 0 Å². The molecule has 0 aromatic carbocycles. The zero-order valence-corrected chi connectivity index (χ0v) is 9.64. The number of primary amides is 1. The molecule has 0 unspecified atom stereocenters. The molecule has 3 N–H and O–H groups in total. The number of aliphatic imine (C=N–C) groups is 1. The Morgan fingerprint density at radius 1 is 1.44 bits per heavy atom. The number of hydrogen-bond acceptors (Lipinski definition) is 3. The van der Waals surface area contributed by atoms with E-state index in [0.717, 1.165) is 12.5 Å². The summed E-state index contributed by atoms with van der Waals surface area (Å²) in [5, 5.41) is 8.61. The van der Waals surface area contributed by atoms with Crippen molar-refractivity contribution in [2.75, 3.05) is 0 Å². The molecule has 0 fully saturated rings. The van der Waals surface area contributed by atoms with Crippen LogP contribution >= 0.6 is 0 Å². The summed E-state index contributed by atoms with van der Waals surface area (Å²) in [7, 11) is 0. The Hall–Kier alpha value is -1.65. The van der Waals surface area contributed by atoms with Gasteiger partial charge in [0.15, 0.2) is 0 Å². The Kier molecular flexibility index (Phi) is 6.83. The maximum Gasteiger partial charge on any atom is 0.328 e. The number of aliphatic carboxylic acids is 1. The molecule has 0 bridgehead atoms. The number of carbonyl (C=O) groups is 2. The zero-order valence-electron chi connectivity index (χ0n) is 9.64. The highest BCUT2D eigenvalue weighted by molar-refractivity contribution is 5.91. The SMILES string of the molecule is CCCC(=C/C(=O)O)/C=N/[C@@H](CC)C(N)=O. The van der Waals surface area contributed by atoms with E-state index >= 15 is 0 Å². The van der Waals surface area contributed by atoms with Gasteiger partial charge in [0.2, 0.25) is 5.91 Å². The third kappa shape index (κ3) is 5.95. The Labute approximate surface area is 95.1 Å². The Morgan fingerprint density at radius 2 is 2.06 bits per heavy atom. The van der Waals surface area contributed by atoms with Crippen LogP contribution in [0.2, 0.25) is 0 Å². The molecular formula is C11H18N2O3. The highest BCUT2D eigenvalue weighted by Crippen LogP contribution is 2.04. The summed E-state index contributed by atoms with van der Waals surface area (Å²) in [5.74, 6) is -1.51. The first-order valence-electron chi connectivity index (χ1n) is 5.27. The summed E-state index contributed by atoms with van der Waals surface area (Å²) in [6.45, 7) is 3.74. The van der Waals surface area contributed by atoms with Crippen LogP contribution in [0.3, 0.4) is 0 Å². The second-order valence-electron chi connectivity index (χ2n) is 3.41. The fourth-order valence-electron chi connectivity index (χ4n) is 1.19. The minimum absolute atomic E-state index is 0.495. The van der Waals surface area contributed by atoms with Gasteiger partial charge in [-0.05, 0) is 18.4 Å². The molecule has 0 saturated heterocycles. The van der Waals surface area contributed by atoms with Gasteiger partial charge in [-0.15, -0.1) is 0 Å². The summed E-state index contributed by atoms with van der Waals surface area (Å²) < 4.78 is 0. The largest absolute Gasteiger partial charge is 0.478 e. The van der Waals surface area contributed by atoms with Gasteiger partial charge in [-0.25, -0.2) is 4.79 Å². The highest BCUT2D eigenvalue weighted by Gasteiger charge is 2.09. The fraction of sp³-hybridized carbons (Fsp3) is 0.545. The molecule has 0 aromatic rings. The maximum absolute atomic E-state index is 10.9. The third-order valence-corrected chi connectivity index (χ3v) is 1.98. The Bertz CT molecular complexity index is 308. The van der Waals surface area contributed by atoms with Crippen LogP contribution in [0.5, 0.6) is 0 Å². The van der Waals surface area contributed by atoms with E-state index in [0.29, 0.717) is 18.4 Å². The number of carboxylic acids is 1. The van der Waals surface area contributed by atoms with Crippen LogP contribution in [0.15, 0.2) is 16.6 Å². The van der Waals surface area contributed by atoms with Crippen molar-refractivity contribution in [3.63, 3.8) is 0 Å². The van der Waals surface area contributed by atoms with Crippen molar-refractivity contribution in [3.8, 4) is 0 Å². The van der Waals surface area contributed by atoms with Crippen LogP contribution < -0.4 is 5.73 Å². The number of rotatable bonds is 7. The van der Waals surface area contributed by atoms with Crippen molar-refractivity contribution in [3.05, 3.63) is 11.6 Å². The molecule has 5 nitrogen and oxygen atoms in total. The Morgan fingerprint density at radius 3 is 2.44 bits per heavy atom. The second kappa shape index (κ2) is 7.62. The monoisotopic (exact) mass is 226 g/mol. The molecule has 0 radical (unpaired) electrons. The lowest BCUT2D eigenvalue weighted by molar-refractivity contribution is -0.131. The van der Waals surface area contributed by atoms with E-state index in [1.54, 1.807) is 6.92 Å². The molecule has 16 heavy (non-hydrogen) atoms. The van der Waals surface area contributed by atoms with Gasteiger partial charge in [0.05, 0.1) is 0 Å². The van der Waals surface area contributed by atoms with Crippen LogP contribution in [0.4, 0.5) is 0 Å². The first kappa shape index (κ1) is 14.3. The van der Waals surface area contributed by atoms with E-state index in [-0.39, 0.29) is 0 Å². The molecule has 0 spiro atoms. The molecule has 1 atom stereocenters. The average Bonchev–Trinajstić information content (AvgIpc) is 2.17. The smallest absolute Gasteiger partial charge is 0.328 e. The fourth-order valence-corrected chi connectivity index (χ4v) is 1.19. The van der Waals surface area contributed by atoms with Gasteiger partial charge in [0.25, 0.3) is 0 Å². The second-order valence-corrected chi connectivity index (χ2v) is 3.41. The predicted octanol–water partition coefficient (Wildman–Crippen LogP) is 1.13. The molecule has 5 heteroatoms. The summed E-state index contributed by atoms with van der Waals surface area (Å²) in [5.41, 5.74) is 5.71. The summed E-state index contributed by atoms with van der Waals surface area (Å²) >= 11 is 0. The number of amides is 1. The number of hydrogen-bond donors (Lipinski definition) is 2.